The lowest BCUT2D eigenvalue weighted by Gasteiger charge is -1.96. The molecule has 0 bridgehead atoms. The number of rotatable bonds is 1. The number of nitrogens with two attached hydrogens (primary N) is 2. The fourth-order valence-corrected chi connectivity index (χ4v) is 1.09. The Morgan fingerprint density at radius 2 is 1.92 bits per heavy atom. The zero-order chi connectivity index (χ0) is 8.48. The Kier molecular flexibility index (Phi) is 3.14. The average molecular weight is 190 g/mol. The van der Waals surface area contributed by atoms with Crippen molar-refractivity contribution in [3.8, 4) is 0 Å². The lowest BCUT2D eigenvalue weighted by molar-refractivity contribution is 0.594. The molecule has 1 rings (SSSR count). The Morgan fingerprint density at radius 3 is 2.25 bits per heavy atom. The van der Waals surface area contributed by atoms with Gasteiger partial charge in [-0.2, -0.15) is 0 Å². The lowest BCUT2D eigenvalue weighted by atomic mass is 10.5. The second kappa shape index (κ2) is 3.48. The highest BCUT2D eigenvalue weighted by atomic mass is 32.2. The molecule has 0 aliphatic carbocycles. The molecule has 0 spiro atoms. The van der Waals surface area contributed by atoms with Crippen LogP contribution in [-0.4, -0.2) is 13.4 Å². The molecule has 6 nitrogen and oxygen atoms in total. The van der Waals surface area contributed by atoms with Crippen LogP contribution in [-0.2, 0) is 10.0 Å². The van der Waals surface area contributed by atoms with Crippen LogP contribution in [0.1, 0.15) is 0 Å². The fraction of sp³-hybridized carbons (Fsp3) is 0. The zero-order valence-corrected chi connectivity index (χ0v) is 7.08. The number of nitrogens with zero attached hydrogens (tertiary/aromatic N) is 1. The van der Waals surface area contributed by atoms with Crippen molar-refractivity contribution < 1.29 is 8.42 Å². The summed E-state index contributed by atoms with van der Waals surface area (Å²) < 4.78 is 21.3. The van der Waals surface area contributed by atoms with E-state index in [4.69, 9.17) is 10.9 Å². The number of nitrogen functional groups attached to an aromatic ring is 1. The number of anilines is 1. The molecule has 0 aromatic carbocycles. The minimum absolute atomic E-state index is 0. The Hall–Kier alpha value is -1.18. The van der Waals surface area contributed by atoms with Gasteiger partial charge in [-0.25, -0.2) is 18.5 Å². The number of pyridine rings is 1. The molecule has 7 heteroatoms. The quantitative estimate of drug-likeness (QED) is 0.547. The van der Waals surface area contributed by atoms with Crippen molar-refractivity contribution in [2.24, 2.45) is 5.14 Å². The number of sulfonamides is 1. The monoisotopic (exact) mass is 190 g/mol. The summed E-state index contributed by atoms with van der Waals surface area (Å²) in [6.07, 6.45) is 0. The molecule has 0 aliphatic heterocycles. The third-order valence-corrected chi connectivity index (χ3v) is 1.85. The fourth-order valence-electron chi connectivity index (χ4n) is 0.589. The third kappa shape index (κ3) is 2.46. The largest absolute Gasteiger partial charge is 0.384 e. The van der Waals surface area contributed by atoms with E-state index >= 15 is 0 Å². The summed E-state index contributed by atoms with van der Waals surface area (Å²) in [5, 5.41) is 4.57. The van der Waals surface area contributed by atoms with E-state index in [0.717, 1.165) is 0 Å². The van der Waals surface area contributed by atoms with E-state index in [2.05, 4.69) is 4.98 Å². The molecule has 0 aliphatic rings. The molecule has 68 valence electrons. The topological polar surface area (TPSA) is 134 Å². The molecule has 1 heterocycles. The molecule has 0 radical (unpaired) electrons. The van der Waals surface area contributed by atoms with Crippen molar-refractivity contribution in [2.45, 2.75) is 5.03 Å². The first kappa shape index (κ1) is 10.8. The molecule has 0 amide bonds. The molecule has 12 heavy (non-hydrogen) atoms. The van der Waals surface area contributed by atoms with Crippen LogP contribution in [0.5, 0.6) is 0 Å². The van der Waals surface area contributed by atoms with Crippen LogP contribution in [0.4, 0.5) is 5.82 Å². The Morgan fingerprint density at radius 1 is 1.33 bits per heavy atom. The second-order valence-electron chi connectivity index (χ2n) is 1.95. The molecule has 0 saturated heterocycles. The summed E-state index contributed by atoms with van der Waals surface area (Å²) >= 11 is 0. The van der Waals surface area contributed by atoms with Crippen molar-refractivity contribution in [1.29, 1.82) is 0 Å². The Bertz CT molecular complexity index is 361. The van der Waals surface area contributed by atoms with E-state index in [-0.39, 0.29) is 17.0 Å². The van der Waals surface area contributed by atoms with Crippen LogP contribution in [0.15, 0.2) is 23.2 Å². The summed E-state index contributed by atoms with van der Waals surface area (Å²) in [5.41, 5.74) is 5.22. The first-order valence-electron chi connectivity index (χ1n) is 2.75. The highest BCUT2D eigenvalue weighted by Gasteiger charge is 2.07. The van der Waals surface area contributed by atoms with Crippen molar-refractivity contribution in [1.82, 2.24) is 11.1 Å². The predicted molar refractivity (Wildman–Crippen MR) is 45.0 cm³/mol. The van der Waals surface area contributed by atoms with E-state index < -0.39 is 10.0 Å². The third-order valence-electron chi connectivity index (χ3n) is 1.04. The van der Waals surface area contributed by atoms with Gasteiger partial charge in [-0.3, -0.25) is 0 Å². The molecular formula is C5H10N4O2S. The van der Waals surface area contributed by atoms with Gasteiger partial charge in [0, 0.05) is 0 Å². The van der Waals surface area contributed by atoms with Gasteiger partial charge in [-0.05, 0) is 12.1 Å². The second-order valence-corrected chi connectivity index (χ2v) is 3.45. The van der Waals surface area contributed by atoms with Crippen LogP contribution in [0.2, 0.25) is 0 Å². The molecule has 0 saturated carbocycles. The summed E-state index contributed by atoms with van der Waals surface area (Å²) in [7, 11) is -3.72. The first-order chi connectivity index (χ1) is 5.00. The summed E-state index contributed by atoms with van der Waals surface area (Å²) in [6, 6.07) is 4.24. The normalized spacial score (nSPS) is 10.4. The van der Waals surface area contributed by atoms with E-state index in [1.54, 1.807) is 0 Å². The Labute approximate surface area is 70.2 Å². The number of primary sulfonamides is 1. The number of hydrogen-bond donors (Lipinski definition) is 3. The van der Waals surface area contributed by atoms with Gasteiger partial charge in [0.15, 0.2) is 5.03 Å². The molecule has 0 fully saturated rings. The van der Waals surface area contributed by atoms with Gasteiger partial charge in [0.05, 0.1) is 0 Å². The van der Waals surface area contributed by atoms with Crippen molar-refractivity contribution in [3.05, 3.63) is 18.2 Å². The smallest absolute Gasteiger partial charge is 0.255 e. The van der Waals surface area contributed by atoms with Gasteiger partial charge >= 0.3 is 0 Å². The minimum atomic E-state index is -3.72. The van der Waals surface area contributed by atoms with E-state index in [1.165, 1.54) is 18.2 Å². The van der Waals surface area contributed by atoms with Gasteiger partial charge in [-0.1, -0.05) is 6.07 Å². The van der Waals surface area contributed by atoms with Gasteiger partial charge < -0.3 is 11.9 Å². The molecule has 0 unspecified atom stereocenters. The molecule has 1 aromatic rings. The van der Waals surface area contributed by atoms with Crippen LogP contribution in [0, 0.1) is 0 Å². The molecule has 0 atom stereocenters. The highest BCUT2D eigenvalue weighted by molar-refractivity contribution is 7.89. The number of hydrogen-bond acceptors (Lipinski definition) is 5. The summed E-state index contributed by atoms with van der Waals surface area (Å²) in [5.74, 6) is 0.136. The van der Waals surface area contributed by atoms with Gasteiger partial charge in [0.2, 0.25) is 0 Å². The van der Waals surface area contributed by atoms with Gasteiger partial charge in [-0.15, -0.1) is 0 Å². The van der Waals surface area contributed by atoms with Crippen LogP contribution >= 0.6 is 0 Å². The van der Waals surface area contributed by atoms with Gasteiger partial charge in [0.25, 0.3) is 10.0 Å². The highest BCUT2D eigenvalue weighted by Crippen LogP contribution is 2.04. The van der Waals surface area contributed by atoms with Crippen molar-refractivity contribution in [2.75, 3.05) is 5.73 Å². The first-order valence-corrected chi connectivity index (χ1v) is 4.30. The summed E-state index contributed by atoms with van der Waals surface area (Å²) in [6.45, 7) is 0. The van der Waals surface area contributed by atoms with Crippen molar-refractivity contribution >= 4 is 15.8 Å². The maximum atomic E-state index is 10.6. The maximum Gasteiger partial charge on any atom is 0.255 e. The van der Waals surface area contributed by atoms with Crippen LogP contribution in [0.3, 0.4) is 0 Å². The number of aromatic nitrogens is 1. The van der Waals surface area contributed by atoms with E-state index in [9.17, 15) is 8.42 Å². The molecular weight excluding hydrogens is 180 g/mol. The van der Waals surface area contributed by atoms with Crippen LogP contribution < -0.4 is 17.0 Å². The molecule has 7 N–H and O–H groups in total. The van der Waals surface area contributed by atoms with E-state index in [1.807, 2.05) is 0 Å². The van der Waals surface area contributed by atoms with Crippen molar-refractivity contribution in [3.63, 3.8) is 0 Å². The van der Waals surface area contributed by atoms with Gasteiger partial charge in [0.1, 0.15) is 5.82 Å². The SMILES string of the molecule is N.Nc1cccc(S(N)(=O)=O)n1. The molecule has 1 aromatic heterocycles. The lowest BCUT2D eigenvalue weighted by Crippen LogP contribution is -2.14. The Balaban J connectivity index is 0.00000121. The average Bonchev–Trinajstić information content (AvgIpc) is 1.86. The minimum Gasteiger partial charge on any atom is -0.384 e. The van der Waals surface area contributed by atoms with Crippen LogP contribution in [0.25, 0.3) is 0 Å². The summed E-state index contributed by atoms with van der Waals surface area (Å²) in [4.78, 5) is 3.51. The maximum absolute atomic E-state index is 10.6. The standard InChI is InChI=1S/C5H7N3O2S.H3N/c6-4-2-1-3-5(8-4)11(7,9)10;/h1-3H,(H2,6,8)(H2,7,9,10);1H3. The zero-order valence-electron chi connectivity index (χ0n) is 6.27. The van der Waals surface area contributed by atoms with E-state index in [0.29, 0.717) is 0 Å². The predicted octanol–water partition coefficient (Wildman–Crippen LogP) is -0.527.